The summed E-state index contributed by atoms with van der Waals surface area (Å²) in [5.74, 6) is 1.43. The third-order valence-corrected chi connectivity index (χ3v) is 8.55. The van der Waals surface area contributed by atoms with Crippen LogP contribution in [-0.4, -0.2) is 56.1 Å². The molecule has 194 valence electrons. The lowest BCUT2D eigenvalue weighted by atomic mass is 9.80. The van der Waals surface area contributed by atoms with Crippen LogP contribution in [0.2, 0.25) is 0 Å². The minimum absolute atomic E-state index is 0.0693. The van der Waals surface area contributed by atoms with Crippen molar-refractivity contribution in [2.24, 2.45) is 5.73 Å². The second-order valence-corrected chi connectivity index (χ2v) is 11.0. The van der Waals surface area contributed by atoms with E-state index in [0.29, 0.717) is 29.3 Å². The van der Waals surface area contributed by atoms with Crippen molar-refractivity contribution >= 4 is 22.5 Å². The van der Waals surface area contributed by atoms with E-state index in [9.17, 15) is 4.79 Å². The van der Waals surface area contributed by atoms with Crippen molar-refractivity contribution in [1.29, 1.82) is 0 Å². The zero-order valence-electron chi connectivity index (χ0n) is 21.9. The van der Waals surface area contributed by atoms with Crippen LogP contribution >= 0.6 is 0 Å². The number of carbonyl (C=O) groups excluding carboxylic acids is 1. The predicted octanol–water partition coefficient (Wildman–Crippen LogP) is 4.99. The summed E-state index contributed by atoms with van der Waals surface area (Å²) in [6.45, 7) is 5.50. The molecule has 6 rings (SSSR count). The number of pyridine rings is 1. The number of aromatic amines is 1. The number of nitrogens with zero attached hydrogens (tertiary/aromatic N) is 4. The van der Waals surface area contributed by atoms with E-state index in [-0.39, 0.29) is 11.9 Å². The number of hydrogen-bond acceptors (Lipinski definition) is 5. The van der Waals surface area contributed by atoms with Crippen molar-refractivity contribution in [3.05, 3.63) is 47.9 Å². The standard InChI is InChI=1S/C29H36N6O2/c1-17(2)26-22-13-19(18-6-9-21(10-7-18)34-12-4-5-24(34)28(30)36)8-11-23(22)33-27(26)20-14-25(37-3)29-31-16-32-35(29)15-20/h8,11,13-18,21,24,33H,4-7,9-10,12H2,1-3H3,(H2,30,36). The molecule has 3 aromatic heterocycles. The smallest absolute Gasteiger partial charge is 0.234 e. The highest BCUT2D eigenvalue weighted by molar-refractivity contribution is 5.92. The normalized spacial score (nSPS) is 22.9. The molecule has 1 atom stereocenters. The van der Waals surface area contributed by atoms with Crippen LogP contribution in [0.1, 0.15) is 75.3 Å². The SMILES string of the molecule is COc1cc(-c2[nH]c3ccc(C4CCC(N5CCCC5C(N)=O)CC4)cc3c2C(C)C)cn2ncnc12. The Hall–Kier alpha value is -3.39. The molecule has 1 aliphatic carbocycles. The first kappa shape index (κ1) is 24.0. The highest BCUT2D eigenvalue weighted by atomic mass is 16.5. The van der Waals surface area contributed by atoms with Gasteiger partial charge in [0.15, 0.2) is 11.4 Å². The van der Waals surface area contributed by atoms with Gasteiger partial charge in [-0.3, -0.25) is 9.69 Å². The number of nitrogens with one attached hydrogen (secondary N) is 1. The van der Waals surface area contributed by atoms with E-state index in [1.807, 2.05) is 12.3 Å². The predicted molar refractivity (Wildman–Crippen MR) is 145 cm³/mol. The number of nitrogens with two attached hydrogens (primary N) is 1. The Kier molecular flexibility index (Phi) is 6.15. The molecule has 8 heteroatoms. The van der Waals surface area contributed by atoms with Crippen LogP contribution in [0.4, 0.5) is 0 Å². The summed E-state index contributed by atoms with van der Waals surface area (Å²) in [7, 11) is 1.67. The average Bonchev–Trinajstić information content (AvgIpc) is 3.65. The van der Waals surface area contributed by atoms with Gasteiger partial charge >= 0.3 is 0 Å². The zero-order chi connectivity index (χ0) is 25.7. The molecule has 1 unspecified atom stereocenters. The number of aromatic nitrogens is 4. The number of H-pyrrole nitrogens is 1. The summed E-state index contributed by atoms with van der Waals surface area (Å²) < 4.78 is 7.39. The molecule has 0 spiro atoms. The van der Waals surface area contributed by atoms with E-state index < -0.39 is 0 Å². The minimum atomic E-state index is -0.157. The van der Waals surface area contributed by atoms with Crippen molar-refractivity contribution in [3.8, 4) is 17.0 Å². The second kappa shape index (κ2) is 9.49. The van der Waals surface area contributed by atoms with Gasteiger partial charge in [0.05, 0.1) is 18.8 Å². The van der Waals surface area contributed by atoms with Crippen molar-refractivity contribution in [2.75, 3.05) is 13.7 Å². The molecule has 37 heavy (non-hydrogen) atoms. The zero-order valence-corrected chi connectivity index (χ0v) is 21.9. The molecule has 0 bridgehead atoms. The third-order valence-electron chi connectivity index (χ3n) is 8.55. The minimum Gasteiger partial charge on any atom is -0.493 e. The molecule has 2 aliphatic rings. The maximum atomic E-state index is 11.9. The van der Waals surface area contributed by atoms with Crippen molar-refractivity contribution in [1.82, 2.24) is 24.5 Å². The number of fused-ring (bicyclic) bond motifs is 2. The van der Waals surface area contributed by atoms with E-state index in [1.165, 1.54) is 16.5 Å². The number of hydrogen-bond donors (Lipinski definition) is 2. The van der Waals surface area contributed by atoms with Gasteiger partial charge in [-0.2, -0.15) is 5.10 Å². The van der Waals surface area contributed by atoms with Gasteiger partial charge in [0.25, 0.3) is 0 Å². The van der Waals surface area contributed by atoms with Crippen LogP contribution in [0.15, 0.2) is 36.8 Å². The molecule has 2 fully saturated rings. The third kappa shape index (κ3) is 4.17. The number of carbonyl (C=O) groups is 1. The summed E-state index contributed by atoms with van der Waals surface area (Å²) in [5.41, 5.74) is 12.4. The molecule has 8 nitrogen and oxygen atoms in total. The number of primary amides is 1. The van der Waals surface area contributed by atoms with Crippen molar-refractivity contribution in [3.63, 3.8) is 0 Å². The molecule has 4 aromatic rings. The van der Waals surface area contributed by atoms with Gasteiger partial charge in [-0.25, -0.2) is 9.50 Å². The number of ether oxygens (including phenoxy) is 1. The largest absolute Gasteiger partial charge is 0.493 e. The van der Waals surface area contributed by atoms with Gasteiger partial charge in [-0.05, 0) is 86.2 Å². The van der Waals surface area contributed by atoms with Crippen molar-refractivity contribution < 1.29 is 9.53 Å². The lowest BCUT2D eigenvalue weighted by Gasteiger charge is -2.37. The molecule has 1 aromatic carbocycles. The molecule has 0 radical (unpaired) electrons. The van der Waals surface area contributed by atoms with E-state index in [4.69, 9.17) is 10.5 Å². The Morgan fingerprint density at radius 1 is 1.16 bits per heavy atom. The molecule has 1 saturated carbocycles. The summed E-state index contributed by atoms with van der Waals surface area (Å²) in [4.78, 5) is 22.3. The Morgan fingerprint density at radius 3 is 2.70 bits per heavy atom. The number of likely N-dealkylation sites (tertiary alicyclic amines) is 1. The van der Waals surface area contributed by atoms with Gasteiger partial charge in [0.1, 0.15) is 6.33 Å². The summed E-state index contributed by atoms with van der Waals surface area (Å²) in [5, 5.41) is 5.64. The summed E-state index contributed by atoms with van der Waals surface area (Å²) in [6, 6.07) is 9.39. The second-order valence-electron chi connectivity index (χ2n) is 11.0. The fourth-order valence-corrected chi connectivity index (χ4v) is 6.77. The summed E-state index contributed by atoms with van der Waals surface area (Å²) >= 11 is 0. The molecular weight excluding hydrogens is 464 g/mol. The van der Waals surface area contributed by atoms with Crippen LogP contribution in [-0.2, 0) is 4.79 Å². The van der Waals surface area contributed by atoms with Gasteiger partial charge in [0, 0.05) is 28.7 Å². The van der Waals surface area contributed by atoms with Gasteiger partial charge in [-0.1, -0.05) is 19.9 Å². The van der Waals surface area contributed by atoms with Crippen LogP contribution in [0.5, 0.6) is 5.75 Å². The maximum absolute atomic E-state index is 11.9. The number of benzene rings is 1. The lowest BCUT2D eigenvalue weighted by molar-refractivity contribution is -0.123. The quantitative estimate of drug-likeness (QED) is 0.389. The average molecular weight is 501 g/mol. The molecule has 1 saturated heterocycles. The summed E-state index contributed by atoms with van der Waals surface area (Å²) in [6.07, 6.45) is 10.1. The molecular formula is C29H36N6O2. The lowest BCUT2D eigenvalue weighted by Crippen LogP contribution is -2.47. The highest BCUT2D eigenvalue weighted by Crippen LogP contribution is 2.41. The number of amides is 1. The maximum Gasteiger partial charge on any atom is 0.234 e. The van der Waals surface area contributed by atoms with E-state index in [2.05, 4.69) is 52.0 Å². The molecule has 1 aliphatic heterocycles. The van der Waals surface area contributed by atoms with Crippen LogP contribution in [0.25, 0.3) is 27.8 Å². The molecule has 3 N–H and O–H groups in total. The first-order valence-electron chi connectivity index (χ1n) is 13.5. The van der Waals surface area contributed by atoms with Crippen LogP contribution in [0.3, 0.4) is 0 Å². The van der Waals surface area contributed by atoms with E-state index in [1.54, 1.807) is 18.0 Å². The molecule has 4 heterocycles. The highest BCUT2D eigenvalue weighted by Gasteiger charge is 2.36. The monoisotopic (exact) mass is 500 g/mol. The Labute approximate surface area is 217 Å². The van der Waals surface area contributed by atoms with E-state index in [0.717, 1.165) is 61.8 Å². The topological polar surface area (TPSA) is 102 Å². The van der Waals surface area contributed by atoms with Gasteiger partial charge < -0.3 is 15.5 Å². The fraction of sp³-hybridized carbons (Fsp3) is 0.483. The Bertz CT molecular complexity index is 1450. The van der Waals surface area contributed by atoms with Gasteiger partial charge in [-0.15, -0.1) is 0 Å². The van der Waals surface area contributed by atoms with E-state index >= 15 is 0 Å². The first-order valence-corrected chi connectivity index (χ1v) is 13.5. The van der Waals surface area contributed by atoms with Crippen molar-refractivity contribution in [2.45, 2.75) is 76.3 Å². The number of methoxy groups -OCH3 is 1. The fourth-order valence-electron chi connectivity index (χ4n) is 6.77. The Morgan fingerprint density at radius 2 is 1.97 bits per heavy atom. The van der Waals surface area contributed by atoms with Gasteiger partial charge in [0.2, 0.25) is 5.91 Å². The molecule has 1 amide bonds. The van der Waals surface area contributed by atoms with Crippen LogP contribution in [0, 0.1) is 0 Å². The first-order chi connectivity index (χ1) is 17.9. The Balaban J connectivity index is 1.30. The number of rotatable bonds is 6. The van der Waals surface area contributed by atoms with Crippen LogP contribution < -0.4 is 10.5 Å².